The Kier molecular flexibility index (Phi) is 8.39. The van der Waals surface area contributed by atoms with E-state index < -0.39 is 4.92 Å². The smallest absolute Gasteiger partial charge is 0.274 e. The first-order chi connectivity index (χ1) is 10.5. The van der Waals surface area contributed by atoms with Gasteiger partial charge in [0.05, 0.1) is 4.92 Å². The summed E-state index contributed by atoms with van der Waals surface area (Å²) < 4.78 is 0. The zero-order valence-corrected chi connectivity index (χ0v) is 14.2. The van der Waals surface area contributed by atoms with Crippen molar-refractivity contribution in [3.8, 4) is 0 Å². The lowest BCUT2D eigenvalue weighted by molar-refractivity contribution is -0.404. The van der Waals surface area contributed by atoms with Crippen molar-refractivity contribution in [1.82, 2.24) is 15.5 Å². The summed E-state index contributed by atoms with van der Waals surface area (Å²) in [7, 11) is 5.78. The number of rotatable bonds is 10. The van der Waals surface area contributed by atoms with Gasteiger partial charge in [0.1, 0.15) is 0 Å². The fraction of sp³-hybridized carbons (Fsp3) is 0.467. The topological polar surface area (TPSA) is 70.4 Å². The molecule has 6 nitrogen and oxygen atoms in total. The van der Waals surface area contributed by atoms with Gasteiger partial charge in [0.2, 0.25) is 0 Å². The van der Waals surface area contributed by atoms with Crippen molar-refractivity contribution >= 4 is 11.8 Å². The highest BCUT2D eigenvalue weighted by molar-refractivity contribution is 7.99. The molecule has 0 aliphatic heterocycles. The summed E-state index contributed by atoms with van der Waals surface area (Å²) in [4.78, 5) is 13.3. The summed E-state index contributed by atoms with van der Waals surface area (Å²) in [6.45, 7) is 1.64. The number of hydrogen-bond acceptors (Lipinski definition) is 6. The van der Waals surface area contributed by atoms with Crippen molar-refractivity contribution in [2.75, 3.05) is 33.4 Å². The molecule has 22 heavy (non-hydrogen) atoms. The third-order valence-electron chi connectivity index (χ3n) is 2.81. The molecule has 0 fully saturated rings. The molecule has 1 rings (SSSR count). The average molecular weight is 324 g/mol. The molecule has 0 radical (unpaired) electrons. The van der Waals surface area contributed by atoms with Gasteiger partial charge in [0.15, 0.2) is 5.82 Å². The van der Waals surface area contributed by atoms with E-state index in [1.807, 2.05) is 0 Å². The Morgan fingerprint density at radius 3 is 2.86 bits per heavy atom. The normalized spacial score (nSPS) is 11.5. The van der Waals surface area contributed by atoms with Crippen LogP contribution in [0.15, 0.2) is 41.2 Å². The Morgan fingerprint density at radius 1 is 1.45 bits per heavy atom. The van der Waals surface area contributed by atoms with Gasteiger partial charge in [-0.3, -0.25) is 10.1 Å². The van der Waals surface area contributed by atoms with E-state index in [-0.39, 0.29) is 0 Å². The second-order valence-corrected chi connectivity index (χ2v) is 6.26. The number of thioether (sulfide) groups is 1. The predicted octanol–water partition coefficient (Wildman–Crippen LogP) is 2.12. The summed E-state index contributed by atoms with van der Waals surface area (Å²) in [5, 5.41) is 16.2. The SMILES string of the molecule is CNC(=C[N+](=O)[O-])NCCCSc1cccc(CN(C)C)c1. The largest absolute Gasteiger partial charge is 0.370 e. The molecule has 0 unspecified atom stereocenters. The summed E-state index contributed by atoms with van der Waals surface area (Å²) >= 11 is 1.80. The van der Waals surface area contributed by atoms with Gasteiger partial charge < -0.3 is 15.5 Å². The van der Waals surface area contributed by atoms with Gasteiger partial charge in [-0.25, -0.2) is 0 Å². The van der Waals surface area contributed by atoms with Crippen molar-refractivity contribution in [2.45, 2.75) is 17.9 Å². The van der Waals surface area contributed by atoms with Crippen molar-refractivity contribution < 1.29 is 4.92 Å². The molecule has 0 saturated carbocycles. The third kappa shape index (κ3) is 7.90. The van der Waals surface area contributed by atoms with Gasteiger partial charge >= 0.3 is 0 Å². The van der Waals surface area contributed by atoms with Crippen LogP contribution in [0.5, 0.6) is 0 Å². The Labute approximate surface area is 136 Å². The molecular formula is C15H24N4O2S. The minimum Gasteiger partial charge on any atom is -0.370 e. The van der Waals surface area contributed by atoms with Crippen LogP contribution in [0.25, 0.3) is 0 Å². The fourth-order valence-electron chi connectivity index (χ4n) is 1.89. The summed E-state index contributed by atoms with van der Waals surface area (Å²) in [5.41, 5.74) is 1.31. The highest BCUT2D eigenvalue weighted by atomic mass is 32.2. The molecule has 1 aromatic rings. The standard InChI is InChI=1S/C15H24N4O2S/c1-16-15(12-19(20)21)17-8-5-9-22-14-7-4-6-13(10-14)11-18(2)3/h4,6-7,10,12,16-17H,5,8-9,11H2,1-3H3. The lowest BCUT2D eigenvalue weighted by atomic mass is 10.2. The molecule has 2 N–H and O–H groups in total. The minimum absolute atomic E-state index is 0.433. The molecule has 0 aliphatic carbocycles. The Balaban J connectivity index is 2.31. The van der Waals surface area contributed by atoms with E-state index in [4.69, 9.17) is 0 Å². The molecule has 0 aromatic heterocycles. The van der Waals surface area contributed by atoms with Crippen LogP contribution in [0.2, 0.25) is 0 Å². The first-order valence-corrected chi connectivity index (χ1v) is 8.13. The van der Waals surface area contributed by atoms with Crippen molar-refractivity contribution in [3.63, 3.8) is 0 Å². The van der Waals surface area contributed by atoms with Gasteiger partial charge in [0, 0.05) is 25.0 Å². The monoisotopic (exact) mass is 324 g/mol. The minimum atomic E-state index is -0.468. The van der Waals surface area contributed by atoms with Crippen LogP contribution in [0.3, 0.4) is 0 Å². The summed E-state index contributed by atoms with van der Waals surface area (Å²) in [5.74, 6) is 1.40. The van der Waals surface area contributed by atoms with Crippen molar-refractivity contribution in [2.24, 2.45) is 0 Å². The molecule has 0 spiro atoms. The van der Waals surface area contributed by atoms with Gasteiger partial charge in [-0.15, -0.1) is 11.8 Å². The number of hydrogen-bond donors (Lipinski definition) is 2. The number of nitrogens with one attached hydrogen (secondary N) is 2. The van der Waals surface area contributed by atoms with Crippen molar-refractivity contribution in [1.29, 1.82) is 0 Å². The number of nitro groups is 1. The second-order valence-electron chi connectivity index (χ2n) is 5.09. The molecule has 0 aliphatic rings. The molecule has 7 heteroatoms. The van der Waals surface area contributed by atoms with Crippen LogP contribution in [-0.4, -0.2) is 43.3 Å². The Hall–Kier alpha value is -1.73. The maximum absolute atomic E-state index is 10.4. The zero-order chi connectivity index (χ0) is 16.4. The molecule has 0 amide bonds. The van der Waals surface area contributed by atoms with Crippen LogP contribution in [0.4, 0.5) is 0 Å². The summed E-state index contributed by atoms with van der Waals surface area (Å²) in [6.07, 6.45) is 1.87. The van der Waals surface area contributed by atoms with E-state index in [2.05, 4.69) is 53.9 Å². The fourth-order valence-corrected chi connectivity index (χ4v) is 2.82. The lowest BCUT2D eigenvalue weighted by Crippen LogP contribution is -2.25. The third-order valence-corrected chi connectivity index (χ3v) is 3.89. The lowest BCUT2D eigenvalue weighted by Gasteiger charge is -2.11. The summed E-state index contributed by atoms with van der Waals surface area (Å²) in [6, 6.07) is 8.54. The first kappa shape index (κ1) is 18.3. The van der Waals surface area contributed by atoms with E-state index in [0.29, 0.717) is 12.4 Å². The van der Waals surface area contributed by atoms with Crippen LogP contribution >= 0.6 is 11.8 Å². The predicted molar refractivity (Wildman–Crippen MR) is 91.3 cm³/mol. The van der Waals surface area contributed by atoms with Gasteiger partial charge in [-0.1, -0.05) is 12.1 Å². The Bertz CT molecular complexity index is 506. The molecule has 0 heterocycles. The average Bonchev–Trinajstić information content (AvgIpc) is 2.45. The van der Waals surface area contributed by atoms with Gasteiger partial charge in [-0.05, 0) is 44.0 Å². The molecule has 122 valence electrons. The second kappa shape index (κ2) is 10.1. The first-order valence-electron chi connectivity index (χ1n) is 7.14. The van der Waals surface area contributed by atoms with E-state index in [9.17, 15) is 10.1 Å². The molecular weight excluding hydrogens is 300 g/mol. The van der Waals surface area contributed by atoms with E-state index in [1.54, 1.807) is 18.8 Å². The van der Waals surface area contributed by atoms with Crippen LogP contribution in [0.1, 0.15) is 12.0 Å². The molecule has 0 bridgehead atoms. The van der Waals surface area contributed by atoms with Crippen molar-refractivity contribution in [3.05, 3.63) is 52.0 Å². The molecule has 0 atom stereocenters. The maximum atomic E-state index is 10.4. The van der Waals surface area contributed by atoms with Crippen LogP contribution < -0.4 is 10.6 Å². The molecule has 1 aromatic carbocycles. The van der Waals surface area contributed by atoms with E-state index in [1.165, 1.54) is 10.5 Å². The van der Waals surface area contributed by atoms with Gasteiger partial charge in [-0.2, -0.15) is 0 Å². The number of benzene rings is 1. The zero-order valence-electron chi connectivity index (χ0n) is 13.3. The highest BCUT2D eigenvalue weighted by Gasteiger charge is 2.01. The molecule has 0 saturated heterocycles. The van der Waals surface area contributed by atoms with Crippen LogP contribution in [0, 0.1) is 10.1 Å². The van der Waals surface area contributed by atoms with Gasteiger partial charge in [0.25, 0.3) is 6.20 Å². The Morgan fingerprint density at radius 2 is 2.23 bits per heavy atom. The maximum Gasteiger partial charge on any atom is 0.274 e. The van der Waals surface area contributed by atoms with E-state index >= 15 is 0 Å². The highest BCUT2D eigenvalue weighted by Crippen LogP contribution is 2.20. The quantitative estimate of drug-likeness (QED) is 0.297. The van der Waals surface area contributed by atoms with Crippen LogP contribution in [-0.2, 0) is 6.54 Å². The number of nitrogens with zero attached hydrogens (tertiary/aromatic N) is 2. The van der Waals surface area contributed by atoms with E-state index in [0.717, 1.165) is 24.9 Å².